The molecular weight excluding hydrogens is 232 g/mol. The average molecular weight is 258 g/mol. The van der Waals surface area contributed by atoms with Gasteiger partial charge in [-0.2, -0.15) is 0 Å². The van der Waals surface area contributed by atoms with Gasteiger partial charge in [0.25, 0.3) is 0 Å². The molecule has 2 aliphatic carbocycles. The molecule has 0 bridgehead atoms. The lowest BCUT2D eigenvalue weighted by molar-refractivity contribution is 0.179. The van der Waals surface area contributed by atoms with E-state index in [1.807, 2.05) is 0 Å². The lowest BCUT2D eigenvalue weighted by Crippen LogP contribution is -2.24. The molecule has 104 valence electrons. The van der Waals surface area contributed by atoms with Crippen LogP contribution in [0.15, 0.2) is 24.3 Å². The first-order chi connectivity index (χ1) is 9.22. The van der Waals surface area contributed by atoms with E-state index in [-0.39, 0.29) is 0 Å². The molecule has 0 radical (unpaired) electrons. The second-order valence-corrected chi connectivity index (χ2v) is 6.76. The zero-order chi connectivity index (χ0) is 13.3. The lowest BCUT2D eigenvalue weighted by atomic mass is 9.73. The van der Waals surface area contributed by atoms with E-state index in [2.05, 4.69) is 31.2 Å². The van der Waals surface area contributed by atoms with Crippen molar-refractivity contribution in [2.45, 2.75) is 51.9 Å². The molecule has 0 N–H and O–H groups in total. The smallest absolute Gasteiger partial charge is 0.118 e. The first-order valence-electron chi connectivity index (χ1n) is 7.85. The second kappa shape index (κ2) is 5.19. The van der Waals surface area contributed by atoms with Gasteiger partial charge in [-0.1, -0.05) is 25.5 Å². The van der Waals surface area contributed by atoms with Crippen molar-refractivity contribution in [3.05, 3.63) is 29.8 Å². The molecule has 0 heterocycles. The number of benzene rings is 1. The van der Waals surface area contributed by atoms with Gasteiger partial charge in [0.2, 0.25) is 0 Å². The van der Waals surface area contributed by atoms with Crippen LogP contribution in [-0.4, -0.2) is 7.11 Å². The van der Waals surface area contributed by atoms with Crippen LogP contribution in [0.25, 0.3) is 0 Å². The fourth-order valence-electron chi connectivity index (χ4n) is 4.15. The molecule has 2 saturated carbocycles. The fourth-order valence-corrected chi connectivity index (χ4v) is 4.15. The highest BCUT2D eigenvalue weighted by Crippen LogP contribution is 2.58. The summed E-state index contributed by atoms with van der Waals surface area (Å²) in [6, 6.07) is 8.62. The van der Waals surface area contributed by atoms with E-state index in [0.29, 0.717) is 5.41 Å². The number of rotatable bonds is 5. The maximum absolute atomic E-state index is 5.22. The molecule has 3 rings (SSSR count). The summed E-state index contributed by atoms with van der Waals surface area (Å²) in [6.07, 6.45) is 10.00. The van der Waals surface area contributed by atoms with Crippen molar-refractivity contribution in [1.29, 1.82) is 0 Å². The van der Waals surface area contributed by atoms with Crippen LogP contribution in [0.3, 0.4) is 0 Å². The van der Waals surface area contributed by atoms with Crippen molar-refractivity contribution in [1.82, 2.24) is 0 Å². The Morgan fingerprint density at radius 3 is 2.53 bits per heavy atom. The second-order valence-electron chi connectivity index (χ2n) is 6.76. The Bertz CT molecular complexity index is 418. The molecule has 2 unspecified atom stereocenters. The Hall–Kier alpha value is -0.980. The molecule has 2 aliphatic rings. The van der Waals surface area contributed by atoms with Gasteiger partial charge in [0, 0.05) is 0 Å². The number of hydrogen-bond acceptors (Lipinski definition) is 1. The van der Waals surface area contributed by atoms with Gasteiger partial charge >= 0.3 is 0 Å². The van der Waals surface area contributed by atoms with Crippen molar-refractivity contribution in [3.63, 3.8) is 0 Å². The first kappa shape index (κ1) is 13.0. The standard InChI is InChI=1S/C18H26O/c1-18(16-9-10-16)13-3-4-15(18)8-5-14-6-11-17(19-2)12-7-14/h6-7,11-12,15-16H,3-5,8-10,13H2,1-2H3. The molecule has 0 aliphatic heterocycles. The number of hydrogen-bond donors (Lipinski definition) is 0. The van der Waals surface area contributed by atoms with E-state index < -0.39 is 0 Å². The quantitative estimate of drug-likeness (QED) is 0.734. The highest BCUT2D eigenvalue weighted by Gasteiger charge is 2.48. The Balaban J connectivity index is 1.59. The third-order valence-corrected chi connectivity index (χ3v) is 5.65. The van der Waals surface area contributed by atoms with E-state index >= 15 is 0 Å². The molecule has 2 atom stereocenters. The highest BCUT2D eigenvalue weighted by molar-refractivity contribution is 5.27. The van der Waals surface area contributed by atoms with Crippen LogP contribution < -0.4 is 4.74 Å². The van der Waals surface area contributed by atoms with Crippen LogP contribution in [0.2, 0.25) is 0 Å². The van der Waals surface area contributed by atoms with Crippen molar-refractivity contribution < 1.29 is 4.74 Å². The van der Waals surface area contributed by atoms with Gasteiger partial charge in [0.05, 0.1) is 7.11 Å². The number of aryl methyl sites for hydroxylation is 1. The minimum absolute atomic E-state index is 0.673. The Kier molecular flexibility index (Phi) is 3.56. The third-order valence-electron chi connectivity index (χ3n) is 5.65. The summed E-state index contributed by atoms with van der Waals surface area (Å²) in [6.45, 7) is 2.57. The Morgan fingerprint density at radius 2 is 1.89 bits per heavy atom. The minimum atomic E-state index is 0.673. The molecule has 1 aromatic rings. The predicted octanol–water partition coefficient (Wildman–Crippen LogP) is 4.84. The summed E-state index contributed by atoms with van der Waals surface area (Å²) in [5, 5.41) is 0. The van der Waals surface area contributed by atoms with Gasteiger partial charge in [0.1, 0.15) is 5.75 Å². The van der Waals surface area contributed by atoms with E-state index in [1.54, 1.807) is 7.11 Å². The summed E-state index contributed by atoms with van der Waals surface area (Å²) < 4.78 is 5.22. The summed E-state index contributed by atoms with van der Waals surface area (Å²) in [5.74, 6) is 2.98. The molecule has 0 aromatic heterocycles. The summed E-state index contributed by atoms with van der Waals surface area (Å²) >= 11 is 0. The van der Waals surface area contributed by atoms with Crippen LogP contribution in [0.1, 0.15) is 51.0 Å². The molecule has 2 fully saturated rings. The maximum atomic E-state index is 5.22. The monoisotopic (exact) mass is 258 g/mol. The topological polar surface area (TPSA) is 9.23 Å². The van der Waals surface area contributed by atoms with E-state index in [0.717, 1.165) is 17.6 Å². The predicted molar refractivity (Wildman–Crippen MR) is 79.5 cm³/mol. The highest BCUT2D eigenvalue weighted by atomic mass is 16.5. The van der Waals surface area contributed by atoms with Crippen LogP contribution >= 0.6 is 0 Å². The Morgan fingerprint density at radius 1 is 1.16 bits per heavy atom. The van der Waals surface area contributed by atoms with Gasteiger partial charge in [-0.3, -0.25) is 0 Å². The van der Waals surface area contributed by atoms with Crippen LogP contribution in [-0.2, 0) is 6.42 Å². The number of methoxy groups -OCH3 is 1. The first-order valence-corrected chi connectivity index (χ1v) is 7.85. The fraction of sp³-hybridized carbons (Fsp3) is 0.667. The average Bonchev–Trinajstić information content (AvgIpc) is 3.23. The van der Waals surface area contributed by atoms with Crippen molar-refractivity contribution in [3.8, 4) is 5.75 Å². The molecule has 1 aromatic carbocycles. The lowest BCUT2D eigenvalue weighted by Gasteiger charge is -2.32. The summed E-state index contributed by atoms with van der Waals surface area (Å²) in [4.78, 5) is 0. The van der Waals surface area contributed by atoms with Gasteiger partial charge in [-0.05, 0) is 73.5 Å². The zero-order valence-electron chi connectivity index (χ0n) is 12.3. The van der Waals surface area contributed by atoms with Crippen LogP contribution in [0, 0.1) is 17.3 Å². The van der Waals surface area contributed by atoms with Crippen molar-refractivity contribution in [2.24, 2.45) is 17.3 Å². The van der Waals surface area contributed by atoms with E-state index in [4.69, 9.17) is 4.74 Å². The minimum Gasteiger partial charge on any atom is -0.497 e. The van der Waals surface area contributed by atoms with Crippen LogP contribution in [0.5, 0.6) is 5.75 Å². The molecule has 0 saturated heterocycles. The Labute approximate surface area is 117 Å². The van der Waals surface area contributed by atoms with Crippen molar-refractivity contribution >= 4 is 0 Å². The van der Waals surface area contributed by atoms with Gasteiger partial charge in [0.15, 0.2) is 0 Å². The maximum Gasteiger partial charge on any atom is 0.118 e. The molecule has 0 amide bonds. The summed E-state index contributed by atoms with van der Waals surface area (Å²) in [5.41, 5.74) is 2.14. The van der Waals surface area contributed by atoms with Crippen molar-refractivity contribution in [2.75, 3.05) is 7.11 Å². The van der Waals surface area contributed by atoms with Gasteiger partial charge < -0.3 is 4.74 Å². The molecule has 1 heteroatoms. The zero-order valence-corrected chi connectivity index (χ0v) is 12.3. The molecular formula is C18H26O. The number of ether oxygens (including phenoxy) is 1. The van der Waals surface area contributed by atoms with Gasteiger partial charge in [-0.15, -0.1) is 0 Å². The normalized spacial score (nSPS) is 30.5. The molecule has 19 heavy (non-hydrogen) atoms. The van der Waals surface area contributed by atoms with E-state index in [9.17, 15) is 0 Å². The largest absolute Gasteiger partial charge is 0.497 e. The third kappa shape index (κ3) is 2.66. The summed E-state index contributed by atoms with van der Waals surface area (Å²) in [7, 11) is 1.73. The molecule has 1 nitrogen and oxygen atoms in total. The molecule has 0 spiro atoms. The SMILES string of the molecule is COc1ccc(CCC2CCCC2(C)C2CC2)cc1. The van der Waals surface area contributed by atoms with Gasteiger partial charge in [-0.25, -0.2) is 0 Å². The van der Waals surface area contributed by atoms with E-state index in [1.165, 1.54) is 50.5 Å². The van der Waals surface area contributed by atoms with Crippen LogP contribution in [0.4, 0.5) is 0 Å².